The Balaban J connectivity index is 1.84. The molecule has 0 fully saturated rings. The lowest BCUT2D eigenvalue weighted by atomic mass is 10.1. The van der Waals surface area contributed by atoms with E-state index in [0.29, 0.717) is 16.9 Å². The summed E-state index contributed by atoms with van der Waals surface area (Å²) in [5, 5.41) is 5.66. The zero-order valence-corrected chi connectivity index (χ0v) is 14.2. The normalized spacial score (nSPS) is 12.1. The minimum absolute atomic E-state index is 0.0658. The minimum Gasteiger partial charge on any atom is -0.497 e. The number of fused-ring (bicyclic) bond motifs is 1. The number of carbonyl (C=O) groups is 1. The van der Waals surface area contributed by atoms with Gasteiger partial charge in [0.15, 0.2) is 0 Å². The van der Waals surface area contributed by atoms with Crippen molar-refractivity contribution in [3.8, 4) is 5.75 Å². The van der Waals surface area contributed by atoms with E-state index in [-0.39, 0.29) is 18.4 Å². The summed E-state index contributed by atoms with van der Waals surface area (Å²) in [5.74, 6) is 0.456. The third kappa shape index (κ3) is 3.49. The van der Waals surface area contributed by atoms with Crippen LogP contribution >= 0.6 is 11.3 Å². The smallest absolute Gasteiger partial charge is 0.336 e. The van der Waals surface area contributed by atoms with Gasteiger partial charge < -0.3 is 14.5 Å². The summed E-state index contributed by atoms with van der Waals surface area (Å²) < 4.78 is 10.3. The van der Waals surface area contributed by atoms with Gasteiger partial charge in [-0.2, -0.15) is 0 Å². The number of methoxy groups -OCH3 is 1. The van der Waals surface area contributed by atoms with Crippen LogP contribution in [0.5, 0.6) is 5.75 Å². The summed E-state index contributed by atoms with van der Waals surface area (Å²) in [6.07, 6.45) is 0.115. The molecule has 1 aromatic carbocycles. The summed E-state index contributed by atoms with van der Waals surface area (Å²) in [6.45, 7) is 1.94. The number of nitrogens with one attached hydrogen (secondary N) is 1. The van der Waals surface area contributed by atoms with E-state index in [4.69, 9.17) is 9.15 Å². The van der Waals surface area contributed by atoms with Gasteiger partial charge in [0.05, 0.1) is 19.6 Å². The van der Waals surface area contributed by atoms with Crippen LogP contribution in [0.4, 0.5) is 0 Å². The van der Waals surface area contributed by atoms with E-state index in [1.807, 2.05) is 24.4 Å². The Morgan fingerprint density at radius 2 is 2.17 bits per heavy atom. The zero-order valence-electron chi connectivity index (χ0n) is 13.4. The third-order valence-electron chi connectivity index (χ3n) is 3.74. The molecule has 6 heteroatoms. The molecule has 124 valence electrons. The van der Waals surface area contributed by atoms with Crippen molar-refractivity contribution in [3.63, 3.8) is 0 Å². The summed E-state index contributed by atoms with van der Waals surface area (Å²) in [6, 6.07) is 10.4. The van der Waals surface area contributed by atoms with Crippen LogP contribution < -0.4 is 15.7 Å². The Bertz CT molecular complexity index is 914. The topological polar surface area (TPSA) is 68.5 Å². The Morgan fingerprint density at radius 1 is 1.33 bits per heavy atom. The largest absolute Gasteiger partial charge is 0.497 e. The molecule has 5 nitrogen and oxygen atoms in total. The molecule has 0 bridgehead atoms. The van der Waals surface area contributed by atoms with Crippen molar-refractivity contribution in [2.75, 3.05) is 7.11 Å². The van der Waals surface area contributed by atoms with Crippen LogP contribution in [0.2, 0.25) is 0 Å². The fraction of sp³-hybridized carbons (Fsp3) is 0.222. The van der Waals surface area contributed by atoms with Crippen LogP contribution in [0.25, 0.3) is 11.0 Å². The van der Waals surface area contributed by atoms with E-state index in [1.54, 1.807) is 36.6 Å². The van der Waals surface area contributed by atoms with E-state index in [0.717, 1.165) is 10.3 Å². The Labute approximate surface area is 142 Å². The fourth-order valence-electron chi connectivity index (χ4n) is 2.56. The fourth-order valence-corrected chi connectivity index (χ4v) is 3.29. The van der Waals surface area contributed by atoms with Crippen molar-refractivity contribution in [2.24, 2.45) is 0 Å². The van der Waals surface area contributed by atoms with Gasteiger partial charge in [0, 0.05) is 22.4 Å². The highest BCUT2D eigenvalue weighted by molar-refractivity contribution is 7.10. The number of carbonyl (C=O) groups excluding carboxylic acids is 1. The molecule has 1 atom stereocenters. The van der Waals surface area contributed by atoms with Gasteiger partial charge in [0.25, 0.3) is 0 Å². The Hall–Kier alpha value is -2.60. The van der Waals surface area contributed by atoms with E-state index in [1.165, 1.54) is 6.07 Å². The molecule has 0 aliphatic rings. The molecular weight excluding hydrogens is 326 g/mol. The number of benzene rings is 1. The third-order valence-corrected chi connectivity index (χ3v) is 4.79. The molecule has 0 aliphatic carbocycles. The van der Waals surface area contributed by atoms with Gasteiger partial charge in [0.2, 0.25) is 5.91 Å². The lowest BCUT2D eigenvalue weighted by Gasteiger charge is -2.13. The van der Waals surface area contributed by atoms with Crippen LogP contribution in [0.1, 0.15) is 23.4 Å². The number of amides is 1. The van der Waals surface area contributed by atoms with Crippen LogP contribution in [0, 0.1) is 0 Å². The zero-order chi connectivity index (χ0) is 17.1. The van der Waals surface area contributed by atoms with Crippen molar-refractivity contribution in [1.29, 1.82) is 0 Å². The van der Waals surface area contributed by atoms with Gasteiger partial charge >= 0.3 is 5.63 Å². The van der Waals surface area contributed by atoms with Crippen LogP contribution in [0.3, 0.4) is 0 Å². The highest BCUT2D eigenvalue weighted by Gasteiger charge is 2.14. The number of hydrogen-bond donors (Lipinski definition) is 1. The summed E-state index contributed by atoms with van der Waals surface area (Å²) in [4.78, 5) is 25.2. The molecule has 0 spiro atoms. The molecule has 1 amide bonds. The van der Waals surface area contributed by atoms with E-state index >= 15 is 0 Å². The van der Waals surface area contributed by atoms with Gasteiger partial charge in [-0.1, -0.05) is 6.07 Å². The van der Waals surface area contributed by atoms with Crippen molar-refractivity contribution >= 4 is 28.2 Å². The predicted molar refractivity (Wildman–Crippen MR) is 93.6 cm³/mol. The molecule has 0 saturated carbocycles. The standard InChI is InChI=1S/C18H17NO4S/c1-11(16-4-3-7-24-16)19-17(20)8-12-9-18(21)23-15-10-13(22-2)5-6-14(12)15/h3-7,9-11H,8H2,1-2H3,(H,19,20)/t11-/m0/s1. The Morgan fingerprint density at radius 3 is 2.88 bits per heavy atom. The molecule has 3 rings (SSSR count). The second-order valence-electron chi connectivity index (χ2n) is 5.43. The molecule has 2 heterocycles. The molecule has 3 aromatic rings. The van der Waals surface area contributed by atoms with Crippen molar-refractivity contribution in [1.82, 2.24) is 5.32 Å². The van der Waals surface area contributed by atoms with E-state index in [2.05, 4.69) is 5.32 Å². The summed E-state index contributed by atoms with van der Waals surface area (Å²) >= 11 is 1.59. The van der Waals surface area contributed by atoms with Gasteiger partial charge in [0.1, 0.15) is 11.3 Å². The molecule has 0 aliphatic heterocycles. The van der Waals surface area contributed by atoms with Crippen LogP contribution in [0.15, 0.2) is 51.0 Å². The molecule has 0 unspecified atom stereocenters. The monoisotopic (exact) mass is 343 g/mol. The summed E-state index contributed by atoms with van der Waals surface area (Å²) in [7, 11) is 1.54. The average Bonchev–Trinajstić information content (AvgIpc) is 3.08. The van der Waals surface area contributed by atoms with Crippen LogP contribution in [-0.4, -0.2) is 13.0 Å². The Kier molecular flexibility index (Phi) is 4.66. The first-order chi connectivity index (χ1) is 11.6. The lowest BCUT2D eigenvalue weighted by Crippen LogP contribution is -2.28. The number of thiophene rings is 1. The summed E-state index contributed by atoms with van der Waals surface area (Å²) in [5.41, 5.74) is 0.570. The number of rotatable bonds is 5. The molecule has 0 radical (unpaired) electrons. The SMILES string of the molecule is COc1ccc2c(CC(=O)N[C@@H](C)c3cccs3)cc(=O)oc2c1. The van der Waals surface area contributed by atoms with Crippen molar-refractivity contribution < 1.29 is 13.9 Å². The average molecular weight is 343 g/mol. The second-order valence-corrected chi connectivity index (χ2v) is 6.41. The van der Waals surface area contributed by atoms with Gasteiger partial charge in [-0.25, -0.2) is 4.79 Å². The van der Waals surface area contributed by atoms with Crippen molar-refractivity contribution in [2.45, 2.75) is 19.4 Å². The van der Waals surface area contributed by atoms with Gasteiger partial charge in [-0.3, -0.25) is 4.79 Å². The maximum Gasteiger partial charge on any atom is 0.336 e. The molecular formula is C18H17NO4S. The lowest BCUT2D eigenvalue weighted by molar-refractivity contribution is -0.121. The highest BCUT2D eigenvalue weighted by Crippen LogP contribution is 2.23. The highest BCUT2D eigenvalue weighted by atomic mass is 32.1. The maximum atomic E-state index is 12.3. The predicted octanol–water partition coefficient (Wildman–Crippen LogP) is 3.28. The van der Waals surface area contributed by atoms with E-state index in [9.17, 15) is 9.59 Å². The maximum absolute atomic E-state index is 12.3. The van der Waals surface area contributed by atoms with Crippen LogP contribution in [-0.2, 0) is 11.2 Å². The molecule has 1 N–H and O–H groups in total. The first-order valence-corrected chi connectivity index (χ1v) is 8.38. The number of hydrogen-bond acceptors (Lipinski definition) is 5. The first-order valence-electron chi connectivity index (χ1n) is 7.50. The van der Waals surface area contributed by atoms with Gasteiger partial charge in [-0.15, -0.1) is 11.3 Å². The van der Waals surface area contributed by atoms with E-state index < -0.39 is 5.63 Å². The molecule has 0 saturated heterocycles. The van der Waals surface area contributed by atoms with Gasteiger partial charge in [-0.05, 0) is 36.1 Å². The second kappa shape index (κ2) is 6.88. The minimum atomic E-state index is -0.482. The molecule has 24 heavy (non-hydrogen) atoms. The number of ether oxygens (including phenoxy) is 1. The molecule has 2 aromatic heterocycles. The quantitative estimate of drug-likeness (QED) is 0.722. The first kappa shape index (κ1) is 16.3. The van der Waals surface area contributed by atoms with Crippen molar-refractivity contribution in [3.05, 3.63) is 62.6 Å².